The molecule has 1 aromatic heterocycles. The van der Waals surface area contributed by atoms with Crippen molar-refractivity contribution in [1.29, 1.82) is 0 Å². The molecule has 0 saturated carbocycles. The van der Waals surface area contributed by atoms with Gasteiger partial charge < -0.3 is 9.64 Å². The van der Waals surface area contributed by atoms with Crippen LogP contribution >= 0.6 is 0 Å². The fraction of sp³-hybridized carbons (Fsp3) is 0.389. The molecule has 1 amide bonds. The van der Waals surface area contributed by atoms with Crippen LogP contribution in [0.1, 0.15) is 35.5 Å². The van der Waals surface area contributed by atoms with Gasteiger partial charge >= 0.3 is 5.97 Å². The molecular weight excluding hydrogens is 292 g/mol. The Balaban J connectivity index is 2.47. The third-order valence-electron chi connectivity index (χ3n) is 3.85. The fourth-order valence-corrected chi connectivity index (χ4v) is 2.60. The Labute approximate surface area is 136 Å². The number of pyridine rings is 1. The Kier molecular flexibility index (Phi) is 4.98. The van der Waals surface area contributed by atoms with E-state index in [-0.39, 0.29) is 5.91 Å². The molecule has 0 bridgehead atoms. The number of amides is 1. The number of para-hydroxylation sites is 1. The van der Waals surface area contributed by atoms with Crippen molar-refractivity contribution in [1.82, 2.24) is 9.88 Å². The summed E-state index contributed by atoms with van der Waals surface area (Å²) in [7, 11) is 3.27. The number of nitrogens with zero attached hydrogens (tertiary/aromatic N) is 2. The van der Waals surface area contributed by atoms with Crippen LogP contribution in [-0.2, 0) is 16.0 Å². The first-order valence-corrected chi connectivity index (χ1v) is 7.67. The highest BCUT2D eigenvalue weighted by molar-refractivity contribution is 6.05. The van der Waals surface area contributed by atoms with Gasteiger partial charge in [0, 0.05) is 25.2 Å². The van der Waals surface area contributed by atoms with Crippen molar-refractivity contribution < 1.29 is 14.3 Å². The Hall–Kier alpha value is -2.43. The Morgan fingerprint density at radius 2 is 1.91 bits per heavy atom. The maximum Gasteiger partial charge on any atom is 0.339 e. The summed E-state index contributed by atoms with van der Waals surface area (Å²) < 4.78 is 5.39. The SMILES string of the molecule is CCc1nc2ccccc2c(C(=O)O[C@@H](C)C(=O)N(C)C)c1C. The van der Waals surface area contributed by atoms with Gasteiger partial charge in [-0.15, -0.1) is 0 Å². The number of rotatable bonds is 4. The normalized spacial score (nSPS) is 12.0. The van der Waals surface area contributed by atoms with Crippen molar-refractivity contribution in [2.75, 3.05) is 14.1 Å². The molecule has 2 rings (SSSR count). The van der Waals surface area contributed by atoms with E-state index in [1.54, 1.807) is 21.0 Å². The number of aryl methyl sites for hydroxylation is 1. The molecule has 1 heterocycles. The predicted molar refractivity (Wildman–Crippen MR) is 89.4 cm³/mol. The number of benzene rings is 1. The second kappa shape index (κ2) is 6.77. The molecule has 5 nitrogen and oxygen atoms in total. The number of aromatic nitrogens is 1. The van der Waals surface area contributed by atoms with Crippen LogP contribution in [0.4, 0.5) is 0 Å². The van der Waals surface area contributed by atoms with Crippen LogP contribution in [0.15, 0.2) is 24.3 Å². The van der Waals surface area contributed by atoms with Gasteiger partial charge in [0.05, 0.1) is 11.1 Å². The molecule has 0 fully saturated rings. The van der Waals surface area contributed by atoms with Crippen LogP contribution in [0.5, 0.6) is 0 Å². The van der Waals surface area contributed by atoms with E-state index in [2.05, 4.69) is 4.98 Å². The smallest absolute Gasteiger partial charge is 0.339 e. The number of esters is 1. The van der Waals surface area contributed by atoms with Crippen molar-refractivity contribution in [3.63, 3.8) is 0 Å². The topological polar surface area (TPSA) is 59.5 Å². The van der Waals surface area contributed by atoms with Gasteiger partial charge in [0.15, 0.2) is 6.10 Å². The van der Waals surface area contributed by atoms with E-state index in [1.165, 1.54) is 4.90 Å². The van der Waals surface area contributed by atoms with Crippen molar-refractivity contribution >= 4 is 22.8 Å². The van der Waals surface area contributed by atoms with Crippen LogP contribution in [0.25, 0.3) is 10.9 Å². The van der Waals surface area contributed by atoms with Gasteiger partial charge in [0.25, 0.3) is 5.91 Å². The lowest BCUT2D eigenvalue weighted by Crippen LogP contribution is -2.35. The van der Waals surface area contributed by atoms with Crippen molar-refractivity contribution in [2.45, 2.75) is 33.3 Å². The Morgan fingerprint density at radius 3 is 2.52 bits per heavy atom. The highest BCUT2D eigenvalue weighted by Crippen LogP contribution is 2.24. The average molecular weight is 314 g/mol. The second-order valence-electron chi connectivity index (χ2n) is 5.71. The number of likely N-dealkylation sites (N-methyl/N-ethyl adjacent to an activating group) is 1. The number of hydrogen-bond acceptors (Lipinski definition) is 4. The molecule has 1 aromatic carbocycles. The zero-order valence-corrected chi connectivity index (χ0v) is 14.2. The number of carbonyl (C=O) groups excluding carboxylic acids is 2. The van der Waals surface area contributed by atoms with Crippen LogP contribution < -0.4 is 0 Å². The standard InChI is InChI=1S/C18H22N2O3/c1-6-14-11(2)16(13-9-7-8-10-15(13)19-14)18(22)23-12(3)17(21)20(4)5/h7-10,12H,6H2,1-5H3/t12-/m0/s1. The van der Waals surface area contributed by atoms with Crippen LogP contribution in [0, 0.1) is 6.92 Å². The van der Waals surface area contributed by atoms with Gasteiger partial charge in [-0.25, -0.2) is 4.79 Å². The zero-order valence-electron chi connectivity index (χ0n) is 14.2. The highest BCUT2D eigenvalue weighted by atomic mass is 16.5. The van der Waals surface area contributed by atoms with E-state index in [1.807, 2.05) is 38.1 Å². The van der Waals surface area contributed by atoms with E-state index >= 15 is 0 Å². The summed E-state index contributed by atoms with van der Waals surface area (Å²) in [6.07, 6.45) is -0.0998. The van der Waals surface area contributed by atoms with Crippen molar-refractivity contribution in [2.24, 2.45) is 0 Å². The molecule has 0 N–H and O–H groups in total. The largest absolute Gasteiger partial charge is 0.449 e. The van der Waals surface area contributed by atoms with E-state index in [4.69, 9.17) is 4.74 Å². The molecule has 5 heteroatoms. The van der Waals surface area contributed by atoms with Gasteiger partial charge in [0.2, 0.25) is 0 Å². The molecule has 23 heavy (non-hydrogen) atoms. The second-order valence-corrected chi connectivity index (χ2v) is 5.71. The van der Waals surface area contributed by atoms with Crippen molar-refractivity contribution in [3.8, 4) is 0 Å². The molecule has 2 aromatic rings. The van der Waals surface area contributed by atoms with Crippen LogP contribution in [0.2, 0.25) is 0 Å². The number of ether oxygens (including phenoxy) is 1. The molecule has 0 spiro atoms. The molecule has 122 valence electrons. The number of hydrogen-bond donors (Lipinski definition) is 0. The minimum Gasteiger partial charge on any atom is -0.449 e. The summed E-state index contributed by atoms with van der Waals surface area (Å²) in [5, 5.41) is 0.747. The molecule has 1 atom stereocenters. The minimum atomic E-state index is -0.825. The Morgan fingerprint density at radius 1 is 1.26 bits per heavy atom. The van der Waals surface area contributed by atoms with E-state index in [0.717, 1.165) is 28.6 Å². The maximum absolute atomic E-state index is 12.7. The van der Waals surface area contributed by atoms with Gasteiger partial charge in [0.1, 0.15) is 0 Å². The minimum absolute atomic E-state index is 0.245. The Bertz CT molecular complexity index is 753. The lowest BCUT2D eigenvalue weighted by molar-refractivity contribution is -0.137. The highest BCUT2D eigenvalue weighted by Gasteiger charge is 2.24. The molecule has 0 saturated heterocycles. The number of fused-ring (bicyclic) bond motifs is 1. The zero-order chi connectivity index (χ0) is 17.1. The van der Waals surface area contributed by atoms with Gasteiger partial charge in [-0.1, -0.05) is 25.1 Å². The molecule has 0 aliphatic carbocycles. The summed E-state index contributed by atoms with van der Waals surface area (Å²) in [6.45, 7) is 5.45. The van der Waals surface area contributed by atoms with Crippen LogP contribution in [0.3, 0.4) is 0 Å². The van der Waals surface area contributed by atoms with Crippen LogP contribution in [-0.4, -0.2) is 42.0 Å². The van der Waals surface area contributed by atoms with Crippen molar-refractivity contribution in [3.05, 3.63) is 41.1 Å². The summed E-state index contributed by atoms with van der Waals surface area (Å²) in [5.41, 5.74) is 2.92. The summed E-state index contributed by atoms with van der Waals surface area (Å²) in [4.78, 5) is 30.6. The first-order valence-electron chi connectivity index (χ1n) is 7.67. The third-order valence-corrected chi connectivity index (χ3v) is 3.85. The van der Waals surface area contributed by atoms with E-state index < -0.39 is 12.1 Å². The van der Waals surface area contributed by atoms with E-state index in [9.17, 15) is 9.59 Å². The number of carbonyl (C=O) groups is 2. The van der Waals surface area contributed by atoms with Gasteiger partial charge in [-0.3, -0.25) is 9.78 Å². The maximum atomic E-state index is 12.7. The fourth-order valence-electron chi connectivity index (χ4n) is 2.60. The van der Waals surface area contributed by atoms with Gasteiger partial charge in [-0.2, -0.15) is 0 Å². The van der Waals surface area contributed by atoms with Gasteiger partial charge in [-0.05, 0) is 31.9 Å². The lowest BCUT2D eigenvalue weighted by atomic mass is 10.0. The summed E-state index contributed by atoms with van der Waals surface area (Å²) in [5.74, 6) is -0.733. The quantitative estimate of drug-likeness (QED) is 0.814. The summed E-state index contributed by atoms with van der Waals surface area (Å²) >= 11 is 0. The predicted octanol–water partition coefficient (Wildman–Crippen LogP) is 2.74. The molecule has 0 radical (unpaired) electrons. The lowest BCUT2D eigenvalue weighted by Gasteiger charge is -2.19. The third kappa shape index (κ3) is 3.33. The molecule has 0 unspecified atom stereocenters. The van der Waals surface area contributed by atoms with E-state index in [0.29, 0.717) is 5.56 Å². The first kappa shape index (κ1) is 16.9. The summed E-state index contributed by atoms with van der Waals surface area (Å²) in [6, 6.07) is 7.47. The monoisotopic (exact) mass is 314 g/mol. The molecule has 0 aliphatic rings. The molecule has 0 aliphatic heterocycles. The first-order chi connectivity index (χ1) is 10.9. The average Bonchev–Trinajstić information content (AvgIpc) is 2.52. The molecular formula is C18H22N2O3.